The number of nitrogens with two attached hydrogens (primary N) is 1. The Bertz CT molecular complexity index is 1280. The molecule has 1 radical (unpaired) electrons. The van der Waals surface area contributed by atoms with E-state index in [2.05, 4.69) is 23.2 Å². The number of halogens is 2. The molecule has 0 aliphatic heterocycles. The third-order valence-corrected chi connectivity index (χ3v) is 6.57. The first kappa shape index (κ1) is 23.9. The molecule has 4 aromatic rings. The molecule has 0 amide bonds. The van der Waals surface area contributed by atoms with Gasteiger partial charge in [-0.1, -0.05) is 13.1 Å². The summed E-state index contributed by atoms with van der Waals surface area (Å²) in [5.41, 5.74) is 7.73. The van der Waals surface area contributed by atoms with Gasteiger partial charge in [0.2, 0.25) is 0 Å². The Balaban J connectivity index is 1.83. The summed E-state index contributed by atoms with van der Waals surface area (Å²) in [5, 5.41) is 5.05. The van der Waals surface area contributed by atoms with Gasteiger partial charge in [0, 0.05) is 63.4 Å². The van der Waals surface area contributed by atoms with Crippen LogP contribution in [0.15, 0.2) is 42.9 Å². The maximum atomic E-state index is 14.5. The molecule has 3 aromatic heterocycles. The molecule has 0 saturated heterocycles. The predicted molar refractivity (Wildman–Crippen MR) is 130 cm³/mol. The van der Waals surface area contributed by atoms with Gasteiger partial charge >= 0.3 is 0 Å². The second-order valence-electron chi connectivity index (χ2n) is 8.69. The highest BCUT2D eigenvalue weighted by atomic mass is 28.3. The van der Waals surface area contributed by atoms with Crippen LogP contribution in [-0.4, -0.2) is 34.7 Å². The third-order valence-electron chi connectivity index (χ3n) is 5.36. The first-order valence-electron chi connectivity index (χ1n) is 11.1. The molecule has 179 valence electrons. The molecule has 1 aromatic carbocycles. The van der Waals surface area contributed by atoms with Crippen LogP contribution in [0.25, 0.3) is 22.3 Å². The second-order valence-corrected chi connectivity index (χ2v) is 11.6. The highest BCUT2D eigenvalue weighted by Gasteiger charge is 2.22. The average molecular weight is 485 g/mol. The summed E-state index contributed by atoms with van der Waals surface area (Å²) in [5.74, 6) is -2.01. The van der Waals surface area contributed by atoms with Gasteiger partial charge in [0.15, 0.2) is 17.4 Å². The van der Waals surface area contributed by atoms with E-state index >= 15 is 0 Å². The number of benzene rings is 1. The van der Waals surface area contributed by atoms with Crippen LogP contribution in [0.4, 0.5) is 14.5 Å². The van der Waals surface area contributed by atoms with E-state index in [1.807, 2.05) is 35.4 Å². The molecule has 3 heterocycles. The Kier molecular flexibility index (Phi) is 6.99. The maximum Gasteiger partial charge on any atom is 0.198 e. The SMILES string of the molecule is CC(C)n1nccc1-c1cn(COCC[Si](C)C)c2nccc(Oc3c(F)cc(N)cc3F)c12. The van der Waals surface area contributed by atoms with Crippen LogP contribution < -0.4 is 10.5 Å². The molecule has 0 aliphatic carbocycles. The van der Waals surface area contributed by atoms with Gasteiger partial charge in [-0.2, -0.15) is 5.10 Å². The van der Waals surface area contributed by atoms with Gasteiger partial charge in [-0.15, -0.1) is 0 Å². The molecular weight excluding hydrogens is 456 g/mol. The van der Waals surface area contributed by atoms with Gasteiger partial charge in [-0.3, -0.25) is 4.68 Å². The molecule has 0 bridgehead atoms. The van der Waals surface area contributed by atoms with Crippen molar-refractivity contribution in [1.29, 1.82) is 0 Å². The number of rotatable bonds is 9. The summed E-state index contributed by atoms with van der Waals surface area (Å²) in [7, 11) is -0.389. The fraction of sp³-hybridized carbons (Fsp3) is 0.333. The zero-order chi connectivity index (χ0) is 24.4. The topological polar surface area (TPSA) is 80.1 Å². The van der Waals surface area contributed by atoms with Crippen molar-refractivity contribution in [1.82, 2.24) is 19.3 Å². The highest BCUT2D eigenvalue weighted by Crippen LogP contribution is 2.40. The molecule has 0 unspecified atom stereocenters. The van der Waals surface area contributed by atoms with Gasteiger partial charge < -0.3 is 19.8 Å². The molecule has 34 heavy (non-hydrogen) atoms. The Labute approximate surface area is 198 Å². The van der Waals surface area contributed by atoms with Crippen molar-refractivity contribution < 1.29 is 18.3 Å². The summed E-state index contributed by atoms with van der Waals surface area (Å²) < 4.78 is 44.5. The largest absolute Gasteiger partial charge is 0.450 e. The van der Waals surface area contributed by atoms with Crippen molar-refractivity contribution >= 4 is 25.5 Å². The third kappa shape index (κ3) is 4.83. The van der Waals surface area contributed by atoms with Crippen molar-refractivity contribution in [3.63, 3.8) is 0 Å². The lowest BCUT2D eigenvalue weighted by Gasteiger charge is -2.13. The van der Waals surface area contributed by atoms with Crippen LogP contribution in [0.1, 0.15) is 19.9 Å². The summed E-state index contributed by atoms with van der Waals surface area (Å²) in [4.78, 5) is 4.53. The molecule has 7 nitrogen and oxygen atoms in total. The quantitative estimate of drug-likeness (QED) is 0.183. The number of hydrogen-bond acceptors (Lipinski definition) is 5. The fourth-order valence-electron chi connectivity index (χ4n) is 3.73. The van der Waals surface area contributed by atoms with Crippen LogP contribution in [-0.2, 0) is 11.5 Å². The number of anilines is 1. The molecular formula is C24H28F2N5O2Si. The highest BCUT2D eigenvalue weighted by molar-refractivity contribution is 6.55. The summed E-state index contributed by atoms with van der Waals surface area (Å²) in [6.07, 6.45) is 5.18. The number of pyridine rings is 1. The van der Waals surface area contributed by atoms with E-state index in [1.54, 1.807) is 18.5 Å². The molecule has 0 aliphatic rings. The van der Waals surface area contributed by atoms with Crippen LogP contribution in [0.5, 0.6) is 11.5 Å². The Morgan fingerprint density at radius 3 is 2.53 bits per heavy atom. The minimum absolute atomic E-state index is 0.0179. The van der Waals surface area contributed by atoms with E-state index in [4.69, 9.17) is 15.2 Å². The summed E-state index contributed by atoms with van der Waals surface area (Å²) in [6.45, 7) is 9.49. The lowest BCUT2D eigenvalue weighted by atomic mass is 10.1. The van der Waals surface area contributed by atoms with Crippen LogP contribution >= 0.6 is 0 Å². The minimum Gasteiger partial charge on any atom is -0.450 e. The summed E-state index contributed by atoms with van der Waals surface area (Å²) in [6, 6.07) is 6.68. The first-order chi connectivity index (χ1) is 16.3. The number of hydrogen-bond donors (Lipinski definition) is 1. The summed E-state index contributed by atoms with van der Waals surface area (Å²) >= 11 is 0. The number of nitrogens with zero attached hydrogens (tertiary/aromatic N) is 4. The van der Waals surface area contributed by atoms with Gasteiger partial charge in [-0.05, 0) is 32.0 Å². The van der Waals surface area contributed by atoms with Crippen LogP contribution in [0.2, 0.25) is 19.1 Å². The van der Waals surface area contributed by atoms with E-state index in [-0.39, 0.29) is 26.3 Å². The molecule has 0 fully saturated rings. The van der Waals surface area contributed by atoms with E-state index in [0.717, 1.165) is 29.4 Å². The molecule has 4 rings (SSSR count). The zero-order valence-corrected chi connectivity index (χ0v) is 20.7. The maximum absolute atomic E-state index is 14.5. The Morgan fingerprint density at radius 2 is 1.85 bits per heavy atom. The second kappa shape index (κ2) is 9.94. The molecule has 2 N–H and O–H groups in total. The van der Waals surface area contributed by atoms with E-state index in [9.17, 15) is 8.78 Å². The minimum atomic E-state index is -0.879. The van der Waals surface area contributed by atoms with Gasteiger partial charge in [0.05, 0.1) is 11.1 Å². The lowest BCUT2D eigenvalue weighted by Crippen LogP contribution is -2.08. The van der Waals surface area contributed by atoms with Crippen molar-refractivity contribution in [3.05, 3.63) is 54.5 Å². The van der Waals surface area contributed by atoms with Crippen molar-refractivity contribution in [2.75, 3.05) is 12.3 Å². The van der Waals surface area contributed by atoms with Crippen LogP contribution in [0, 0.1) is 11.6 Å². The smallest absolute Gasteiger partial charge is 0.198 e. The Hall–Kier alpha value is -3.24. The van der Waals surface area contributed by atoms with Gasteiger partial charge in [-0.25, -0.2) is 13.8 Å². The van der Waals surface area contributed by atoms with Gasteiger partial charge in [0.25, 0.3) is 0 Å². The zero-order valence-electron chi connectivity index (χ0n) is 19.7. The van der Waals surface area contributed by atoms with E-state index in [1.165, 1.54) is 0 Å². The molecule has 10 heteroatoms. The number of aromatic nitrogens is 4. The van der Waals surface area contributed by atoms with Crippen molar-refractivity contribution in [2.45, 2.75) is 45.8 Å². The number of nitrogen functional groups attached to an aromatic ring is 1. The van der Waals surface area contributed by atoms with E-state index < -0.39 is 17.4 Å². The molecule has 0 saturated carbocycles. The fourth-order valence-corrected chi connectivity index (χ4v) is 4.28. The van der Waals surface area contributed by atoms with Gasteiger partial charge in [0.1, 0.15) is 18.1 Å². The monoisotopic (exact) mass is 484 g/mol. The normalized spacial score (nSPS) is 11.8. The average Bonchev–Trinajstić information content (AvgIpc) is 3.39. The molecule has 0 spiro atoms. The number of fused-ring (bicyclic) bond motifs is 1. The first-order valence-corrected chi connectivity index (χ1v) is 13.8. The molecule has 0 atom stereocenters. The number of ether oxygens (including phenoxy) is 2. The van der Waals surface area contributed by atoms with Crippen molar-refractivity contribution in [2.24, 2.45) is 0 Å². The predicted octanol–water partition coefficient (Wildman–Crippen LogP) is 5.86. The standard InChI is InChI=1S/C24H28F2N5O2Si/c1-15(2)31-20(5-8-29-31)17-13-30(14-32-9-10-34(3)4)24-22(17)21(6-7-28-24)33-23-18(25)11-16(27)12-19(23)26/h5-8,11-13,15H,9-10,14,27H2,1-4H3. The Morgan fingerprint density at radius 1 is 1.12 bits per heavy atom. The van der Waals surface area contributed by atoms with Crippen molar-refractivity contribution in [3.8, 4) is 22.8 Å². The van der Waals surface area contributed by atoms with E-state index in [0.29, 0.717) is 24.4 Å². The lowest BCUT2D eigenvalue weighted by molar-refractivity contribution is 0.0903. The van der Waals surface area contributed by atoms with Crippen LogP contribution in [0.3, 0.4) is 0 Å².